The normalized spacial score (nSPS) is 17.0. The maximum absolute atomic E-state index is 12.5. The highest BCUT2D eigenvalue weighted by atomic mass is 16.5. The zero-order valence-corrected chi connectivity index (χ0v) is 14.6. The number of nitrogens with zero attached hydrogens (tertiary/aromatic N) is 1. The molecule has 0 saturated heterocycles. The van der Waals surface area contributed by atoms with Crippen LogP contribution in [-0.4, -0.2) is 35.1 Å². The third-order valence-corrected chi connectivity index (χ3v) is 4.83. The lowest BCUT2D eigenvalue weighted by Crippen LogP contribution is -2.42. The van der Waals surface area contributed by atoms with Gasteiger partial charge in [-0.25, -0.2) is 9.78 Å². The van der Waals surface area contributed by atoms with E-state index in [4.69, 9.17) is 4.74 Å². The monoisotopic (exact) mass is 354 g/mol. The van der Waals surface area contributed by atoms with E-state index in [-0.39, 0.29) is 17.4 Å². The summed E-state index contributed by atoms with van der Waals surface area (Å²) >= 11 is 0. The molecule has 26 heavy (non-hydrogen) atoms. The fraction of sp³-hybridized carbons (Fsp3) is 0.350. The number of benzene rings is 1. The molecule has 3 rings (SSSR count). The maximum Gasteiger partial charge on any atom is 0.326 e. The van der Waals surface area contributed by atoms with Gasteiger partial charge in [0.15, 0.2) is 0 Å². The molecule has 6 heteroatoms. The summed E-state index contributed by atoms with van der Waals surface area (Å²) in [6.07, 6.45) is 4.85. The summed E-state index contributed by atoms with van der Waals surface area (Å²) < 4.78 is 5.09. The molecule has 0 spiro atoms. The number of fused-ring (bicyclic) bond motifs is 1. The van der Waals surface area contributed by atoms with Gasteiger partial charge in [0.1, 0.15) is 11.6 Å². The first-order valence-corrected chi connectivity index (χ1v) is 8.70. The second-order valence-corrected chi connectivity index (χ2v) is 6.45. The molecule has 1 heterocycles. The van der Waals surface area contributed by atoms with Crippen LogP contribution in [0.25, 0.3) is 0 Å². The van der Waals surface area contributed by atoms with E-state index < -0.39 is 17.9 Å². The molecule has 6 nitrogen and oxygen atoms in total. The number of aromatic nitrogens is 1. The van der Waals surface area contributed by atoms with Crippen LogP contribution in [0.1, 0.15) is 46.7 Å². The van der Waals surface area contributed by atoms with E-state index in [1.54, 1.807) is 12.1 Å². The first kappa shape index (κ1) is 17.9. The van der Waals surface area contributed by atoms with Crippen molar-refractivity contribution in [3.63, 3.8) is 0 Å². The number of amides is 1. The van der Waals surface area contributed by atoms with Crippen LogP contribution in [0, 0.1) is 0 Å². The van der Waals surface area contributed by atoms with Crippen molar-refractivity contribution in [2.75, 3.05) is 7.11 Å². The van der Waals surface area contributed by atoms with E-state index in [1.807, 2.05) is 12.1 Å². The summed E-state index contributed by atoms with van der Waals surface area (Å²) in [7, 11) is 1.42. The number of carboxylic acids is 1. The topological polar surface area (TPSA) is 88.5 Å². The number of aryl methyl sites for hydroxylation is 1. The highest BCUT2D eigenvalue weighted by molar-refractivity contribution is 5.98. The average Bonchev–Trinajstić information content (AvgIpc) is 2.67. The van der Waals surface area contributed by atoms with Gasteiger partial charge in [-0.2, -0.15) is 0 Å². The molecule has 0 bridgehead atoms. The summed E-state index contributed by atoms with van der Waals surface area (Å²) in [5.41, 5.74) is 2.69. The van der Waals surface area contributed by atoms with Crippen LogP contribution in [0.15, 0.2) is 42.6 Å². The highest BCUT2D eigenvalue weighted by Gasteiger charge is 2.29. The Morgan fingerprint density at radius 1 is 1.31 bits per heavy atom. The number of methoxy groups -OCH3 is 1. The van der Waals surface area contributed by atoms with Crippen molar-refractivity contribution in [2.24, 2.45) is 0 Å². The largest absolute Gasteiger partial charge is 0.480 e. The van der Waals surface area contributed by atoms with E-state index in [1.165, 1.54) is 24.4 Å². The van der Waals surface area contributed by atoms with E-state index in [0.717, 1.165) is 19.3 Å². The number of carbonyl (C=O) groups is 2. The quantitative estimate of drug-likeness (QED) is 0.833. The molecule has 0 saturated carbocycles. The maximum atomic E-state index is 12.5. The van der Waals surface area contributed by atoms with Crippen LogP contribution < -0.4 is 10.1 Å². The molecular formula is C20H22N2O4. The zero-order chi connectivity index (χ0) is 18.5. The van der Waals surface area contributed by atoms with Crippen molar-refractivity contribution in [2.45, 2.75) is 37.6 Å². The van der Waals surface area contributed by atoms with Gasteiger partial charge >= 0.3 is 5.97 Å². The molecule has 1 aliphatic carbocycles. The molecule has 1 aromatic carbocycles. The number of carbonyl (C=O) groups excluding carboxylic acids is 1. The Bertz CT molecular complexity index is 806. The minimum absolute atomic E-state index is 0.122. The van der Waals surface area contributed by atoms with Crippen molar-refractivity contribution in [1.29, 1.82) is 0 Å². The smallest absolute Gasteiger partial charge is 0.326 e. The summed E-state index contributed by atoms with van der Waals surface area (Å²) in [4.78, 5) is 28.3. The van der Waals surface area contributed by atoms with Crippen molar-refractivity contribution in [3.8, 4) is 5.88 Å². The molecule has 2 aromatic rings. The van der Waals surface area contributed by atoms with Crippen LogP contribution in [-0.2, 0) is 11.2 Å². The predicted octanol–water partition coefficient (Wildman–Crippen LogP) is 2.78. The minimum Gasteiger partial charge on any atom is -0.480 e. The van der Waals surface area contributed by atoms with Crippen molar-refractivity contribution < 1.29 is 19.4 Å². The molecule has 2 N–H and O–H groups in total. The van der Waals surface area contributed by atoms with Gasteiger partial charge in [0.05, 0.1) is 7.11 Å². The standard InChI is InChI=1S/C20H22N2O4/c1-26-19-16(10-5-11-21-19)18(23)22-17(20(24)25)12-14-8-4-7-13-6-2-3-9-15(13)14/h2-3,5-6,9-11,14,17H,4,7-8,12H2,1H3,(H,22,23)(H,24,25). The van der Waals surface area contributed by atoms with E-state index in [0.29, 0.717) is 6.42 Å². The van der Waals surface area contributed by atoms with Crippen LogP contribution in [0.2, 0.25) is 0 Å². The molecule has 0 radical (unpaired) electrons. The second-order valence-electron chi connectivity index (χ2n) is 6.45. The summed E-state index contributed by atoms with van der Waals surface area (Å²) in [6, 6.07) is 10.3. The number of aliphatic carboxylic acids is 1. The van der Waals surface area contributed by atoms with E-state index in [9.17, 15) is 14.7 Å². The number of carboxylic acid groups (broad SMARTS) is 1. The van der Waals surface area contributed by atoms with Gasteiger partial charge in [-0.15, -0.1) is 0 Å². The molecule has 2 unspecified atom stereocenters. The Hall–Kier alpha value is -2.89. The van der Waals surface area contributed by atoms with E-state index >= 15 is 0 Å². The van der Waals surface area contributed by atoms with Gasteiger partial charge in [0, 0.05) is 6.20 Å². The Kier molecular flexibility index (Phi) is 5.51. The molecule has 2 atom stereocenters. The second kappa shape index (κ2) is 7.99. The molecule has 1 aromatic heterocycles. The molecule has 0 aliphatic heterocycles. The summed E-state index contributed by atoms with van der Waals surface area (Å²) in [6.45, 7) is 0. The molecule has 0 fully saturated rings. The van der Waals surface area contributed by atoms with Crippen LogP contribution in [0.4, 0.5) is 0 Å². The fourth-order valence-electron chi connectivity index (χ4n) is 3.57. The van der Waals surface area contributed by atoms with Gasteiger partial charge < -0.3 is 15.2 Å². The first-order valence-electron chi connectivity index (χ1n) is 8.70. The first-order chi connectivity index (χ1) is 12.6. The third-order valence-electron chi connectivity index (χ3n) is 4.83. The number of pyridine rings is 1. The lowest BCUT2D eigenvalue weighted by atomic mass is 9.79. The third kappa shape index (κ3) is 3.85. The lowest BCUT2D eigenvalue weighted by Gasteiger charge is -2.28. The molecule has 1 amide bonds. The van der Waals surface area contributed by atoms with Crippen molar-refractivity contribution in [3.05, 3.63) is 59.3 Å². The van der Waals surface area contributed by atoms with Crippen molar-refractivity contribution >= 4 is 11.9 Å². The van der Waals surface area contributed by atoms with Crippen LogP contribution in [0.3, 0.4) is 0 Å². The number of rotatable bonds is 6. The van der Waals surface area contributed by atoms with Gasteiger partial charge in [-0.3, -0.25) is 4.79 Å². The van der Waals surface area contributed by atoms with Gasteiger partial charge in [-0.1, -0.05) is 24.3 Å². The number of nitrogens with one attached hydrogen (secondary N) is 1. The molecule has 136 valence electrons. The summed E-state index contributed by atoms with van der Waals surface area (Å²) in [5, 5.41) is 12.2. The average molecular weight is 354 g/mol. The van der Waals surface area contributed by atoms with E-state index in [2.05, 4.69) is 22.4 Å². The summed E-state index contributed by atoms with van der Waals surface area (Å²) in [5.74, 6) is -1.23. The Balaban J connectivity index is 1.77. The SMILES string of the molecule is COc1ncccc1C(=O)NC(CC1CCCc2ccccc21)C(=O)O. The number of hydrogen-bond donors (Lipinski definition) is 2. The fourth-order valence-corrected chi connectivity index (χ4v) is 3.57. The Morgan fingerprint density at radius 3 is 2.88 bits per heavy atom. The Morgan fingerprint density at radius 2 is 2.12 bits per heavy atom. The molecule has 1 aliphatic rings. The van der Waals surface area contributed by atoms with Crippen LogP contribution in [0.5, 0.6) is 5.88 Å². The number of hydrogen-bond acceptors (Lipinski definition) is 4. The lowest BCUT2D eigenvalue weighted by molar-refractivity contribution is -0.139. The molecular weight excluding hydrogens is 332 g/mol. The predicted molar refractivity (Wildman–Crippen MR) is 96.4 cm³/mol. The van der Waals surface area contributed by atoms with Crippen LogP contribution >= 0.6 is 0 Å². The minimum atomic E-state index is -1.04. The van der Waals surface area contributed by atoms with Gasteiger partial charge in [0.2, 0.25) is 5.88 Å². The van der Waals surface area contributed by atoms with Gasteiger partial charge in [-0.05, 0) is 54.9 Å². The zero-order valence-electron chi connectivity index (χ0n) is 14.6. The number of ether oxygens (including phenoxy) is 1. The Labute approximate surface area is 152 Å². The van der Waals surface area contributed by atoms with Crippen molar-refractivity contribution in [1.82, 2.24) is 10.3 Å². The van der Waals surface area contributed by atoms with Gasteiger partial charge in [0.25, 0.3) is 5.91 Å². The highest BCUT2D eigenvalue weighted by Crippen LogP contribution is 2.34.